The normalized spacial score (nSPS) is 28.6. The molecule has 1 aliphatic rings. The average Bonchev–Trinajstić information content (AvgIpc) is 2.32. The summed E-state index contributed by atoms with van der Waals surface area (Å²) < 4.78 is 0. The van der Waals surface area contributed by atoms with E-state index in [0.29, 0.717) is 0 Å². The van der Waals surface area contributed by atoms with Gasteiger partial charge in [-0.3, -0.25) is 0 Å². The summed E-state index contributed by atoms with van der Waals surface area (Å²) >= 11 is 0. The van der Waals surface area contributed by atoms with Crippen LogP contribution in [0.3, 0.4) is 0 Å². The van der Waals surface area contributed by atoms with E-state index in [4.69, 9.17) is 0 Å². The van der Waals surface area contributed by atoms with E-state index in [2.05, 4.69) is 12.2 Å². The monoisotopic (exact) mass is 238 g/mol. The van der Waals surface area contributed by atoms with Gasteiger partial charge in [0, 0.05) is 0 Å². The molecule has 0 bridgehead atoms. The van der Waals surface area contributed by atoms with Gasteiger partial charge >= 0.3 is 0 Å². The molecule has 1 atom stereocenters. The predicted molar refractivity (Wildman–Crippen MR) is 75.2 cm³/mol. The van der Waals surface area contributed by atoms with Crippen LogP contribution in [0.5, 0.6) is 0 Å². The molecule has 0 aromatic heterocycles. The van der Waals surface area contributed by atoms with Gasteiger partial charge in [-0.25, -0.2) is 0 Å². The Labute approximate surface area is 107 Å². The molecule has 0 amide bonds. The fourth-order valence-corrected chi connectivity index (χ4v) is 2.55. The van der Waals surface area contributed by atoms with Crippen molar-refractivity contribution in [3.05, 3.63) is 12.2 Å². The highest BCUT2D eigenvalue weighted by atomic mass is 16.3. The maximum Gasteiger partial charge on any atom is 0.0540 e. The Balaban J connectivity index is 2.16. The molecule has 100 valence electrons. The van der Waals surface area contributed by atoms with Gasteiger partial charge in [0.15, 0.2) is 0 Å². The molecular formula is C16H30O. The molecule has 1 unspecified atom stereocenters. The summed E-state index contributed by atoms with van der Waals surface area (Å²) in [5, 5.41) is 9.81. The van der Waals surface area contributed by atoms with Crippen LogP contribution in [0.4, 0.5) is 0 Å². The van der Waals surface area contributed by atoms with Crippen LogP contribution in [0.25, 0.3) is 0 Å². The van der Waals surface area contributed by atoms with Crippen molar-refractivity contribution >= 4 is 0 Å². The van der Waals surface area contributed by atoms with Gasteiger partial charge < -0.3 is 5.11 Å². The maximum absolute atomic E-state index is 9.81. The van der Waals surface area contributed by atoms with Crippen molar-refractivity contribution in [1.82, 2.24) is 0 Å². The van der Waals surface area contributed by atoms with Crippen LogP contribution >= 0.6 is 0 Å². The summed E-state index contributed by atoms with van der Waals surface area (Å²) in [4.78, 5) is 0. The molecule has 1 N–H and O–H groups in total. The van der Waals surface area contributed by atoms with Gasteiger partial charge in [-0.1, -0.05) is 57.1 Å². The molecule has 0 fully saturated rings. The highest BCUT2D eigenvalue weighted by Gasteiger charge is 2.03. The van der Waals surface area contributed by atoms with Gasteiger partial charge in [0.05, 0.1) is 6.10 Å². The van der Waals surface area contributed by atoms with Gasteiger partial charge in [0.25, 0.3) is 0 Å². The molecule has 1 aliphatic carbocycles. The van der Waals surface area contributed by atoms with E-state index >= 15 is 0 Å². The second-order valence-electron chi connectivity index (χ2n) is 5.46. The first kappa shape index (κ1) is 14.8. The third-order valence-electron chi connectivity index (χ3n) is 3.73. The van der Waals surface area contributed by atoms with Crippen LogP contribution in [0.15, 0.2) is 12.2 Å². The smallest absolute Gasteiger partial charge is 0.0540 e. The summed E-state index contributed by atoms with van der Waals surface area (Å²) in [6.07, 6.45) is 21.0. The minimum Gasteiger partial charge on any atom is -0.393 e. The van der Waals surface area contributed by atoms with Crippen molar-refractivity contribution < 1.29 is 5.11 Å². The Morgan fingerprint density at radius 3 is 1.53 bits per heavy atom. The second kappa shape index (κ2) is 10.8. The zero-order chi connectivity index (χ0) is 12.2. The molecular weight excluding hydrogens is 208 g/mol. The van der Waals surface area contributed by atoms with Gasteiger partial charge in [0.2, 0.25) is 0 Å². The van der Waals surface area contributed by atoms with Crippen LogP contribution in [0.1, 0.15) is 83.5 Å². The quantitative estimate of drug-likeness (QED) is 0.590. The Morgan fingerprint density at radius 1 is 0.588 bits per heavy atom. The highest BCUT2D eigenvalue weighted by molar-refractivity contribution is 4.81. The molecule has 0 radical (unpaired) electrons. The Kier molecular flexibility index (Phi) is 9.40. The minimum absolute atomic E-state index is 0.0252. The standard InChI is InChI=1S/C16H30O/c17-16-14-12-10-8-6-4-2-1-3-5-7-9-11-13-15-16/h1-2,16-17H,3-15H2/b2-1+. The summed E-state index contributed by atoms with van der Waals surface area (Å²) in [5.41, 5.74) is 0. The van der Waals surface area contributed by atoms with Crippen LogP contribution in [0, 0.1) is 0 Å². The lowest BCUT2D eigenvalue weighted by molar-refractivity contribution is 0.147. The summed E-state index contributed by atoms with van der Waals surface area (Å²) in [5.74, 6) is 0. The summed E-state index contributed by atoms with van der Waals surface area (Å²) in [6.45, 7) is 0. The number of aliphatic hydroxyl groups is 1. The third kappa shape index (κ3) is 9.41. The Hall–Kier alpha value is -0.300. The van der Waals surface area contributed by atoms with Crippen LogP contribution in [-0.4, -0.2) is 11.2 Å². The van der Waals surface area contributed by atoms with Crippen LogP contribution in [0.2, 0.25) is 0 Å². The number of hydrogen-bond donors (Lipinski definition) is 1. The van der Waals surface area contributed by atoms with Crippen molar-refractivity contribution in [2.45, 2.75) is 89.6 Å². The topological polar surface area (TPSA) is 20.2 Å². The molecule has 1 heteroatoms. The van der Waals surface area contributed by atoms with Crippen molar-refractivity contribution in [3.8, 4) is 0 Å². The van der Waals surface area contributed by atoms with Gasteiger partial charge in [-0.2, -0.15) is 0 Å². The molecule has 0 spiro atoms. The maximum atomic E-state index is 9.81. The SMILES string of the molecule is OC1CCCCCC/C=C/CCCCCCC1. The number of rotatable bonds is 0. The molecule has 0 saturated heterocycles. The summed E-state index contributed by atoms with van der Waals surface area (Å²) in [7, 11) is 0. The first-order valence-corrected chi connectivity index (χ1v) is 7.72. The van der Waals surface area contributed by atoms with Crippen molar-refractivity contribution in [3.63, 3.8) is 0 Å². The van der Waals surface area contributed by atoms with Crippen molar-refractivity contribution in [2.75, 3.05) is 0 Å². The Morgan fingerprint density at radius 2 is 1.00 bits per heavy atom. The highest BCUT2D eigenvalue weighted by Crippen LogP contribution is 2.14. The lowest BCUT2D eigenvalue weighted by Crippen LogP contribution is -2.05. The fraction of sp³-hybridized carbons (Fsp3) is 0.875. The first-order valence-electron chi connectivity index (χ1n) is 7.72. The van der Waals surface area contributed by atoms with E-state index in [0.717, 1.165) is 12.8 Å². The van der Waals surface area contributed by atoms with Crippen LogP contribution < -0.4 is 0 Å². The lowest BCUT2D eigenvalue weighted by Gasteiger charge is -2.10. The molecule has 0 saturated carbocycles. The second-order valence-corrected chi connectivity index (χ2v) is 5.46. The molecule has 0 heterocycles. The van der Waals surface area contributed by atoms with E-state index in [9.17, 15) is 5.11 Å². The molecule has 1 rings (SSSR count). The fourth-order valence-electron chi connectivity index (χ4n) is 2.55. The molecule has 0 aliphatic heterocycles. The number of aliphatic hydroxyl groups excluding tert-OH is 1. The molecule has 0 aromatic carbocycles. The van der Waals surface area contributed by atoms with E-state index in [1.165, 1.54) is 70.6 Å². The van der Waals surface area contributed by atoms with Crippen LogP contribution in [-0.2, 0) is 0 Å². The predicted octanol–water partition coefficient (Wildman–Crippen LogP) is 4.99. The van der Waals surface area contributed by atoms with Gasteiger partial charge in [-0.05, 0) is 38.5 Å². The molecule has 1 nitrogen and oxygen atoms in total. The van der Waals surface area contributed by atoms with E-state index in [-0.39, 0.29) is 6.10 Å². The van der Waals surface area contributed by atoms with Gasteiger partial charge in [-0.15, -0.1) is 0 Å². The third-order valence-corrected chi connectivity index (χ3v) is 3.73. The number of hydrogen-bond acceptors (Lipinski definition) is 1. The van der Waals surface area contributed by atoms with E-state index in [1.54, 1.807) is 0 Å². The number of allylic oxidation sites excluding steroid dienone is 2. The van der Waals surface area contributed by atoms with Crippen molar-refractivity contribution in [2.24, 2.45) is 0 Å². The summed E-state index contributed by atoms with van der Waals surface area (Å²) in [6, 6.07) is 0. The van der Waals surface area contributed by atoms with E-state index in [1.807, 2.05) is 0 Å². The Bertz CT molecular complexity index is 186. The zero-order valence-corrected chi connectivity index (χ0v) is 11.4. The molecule has 0 aromatic rings. The average molecular weight is 238 g/mol. The minimum atomic E-state index is -0.0252. The van der Waals surface area contributed by atoms with Crippen molar-refractivity contribution in [1.29, 1.82) is 0 Å². The zero-order valence-electron chi connectivity index (χ0n) is 11.4. The first-order chi connectivity index (χ1) is 8.39. The largest absolute Gasteiger partial charge is 0.393 e. The molecule has 17 heavy (non-hydrogen) atoms. The van der Waals surface area contributed by atoms with E-state index < -0.39 is 0 Å². The van der Waals surface area contributed by atoms with Gasteiger partial charge in [0.1, 0.15) is 0 Å². The lowest BCUT2D eigenvalue weighted by atomic mass is 10.0.